The van der Waals surface area contributed by atoms with Gasteiger partial charge in [-0.3, -0.25) is 14.6 Å². The van der Waals surface area contributed by atoms with Gasteiger partial charge in [0.05, 0.1) is 17.8 Å². The van der Waals surface area contributed by atoms with E-state index < -0.39 is 0 Å². The molecule has 0 spiro atoms. The van der Waals surface area contributed by atoms with Crippen molar-refractivity contribution in [3.63, 3.8) is 0 Å². The molecule has 0 radical (unpaired) electrons. The Hall–Kier alpha value is -2.11. The summed E-state index contributed by atoms with van der Waals surface area (Å²) in [6.07, 6.45) is 4.09. The van der Waals surface area contributed by atoms with Crippen LogP contribution in [0.3, 0.4) is 0 Å². The van der Waals surface area contributed by atoms with Crippen LogP contribution in [-0.4, -0.2) is 36.4 Å². The molecule has 1 heterocycles. The van der Waals surface area contributed by atoms with Gasteiger partial charge in [0.15, 0.2) is 0 Å². The molecule has 0 aliphatic heterocycles. The third-order valence-corrected chi connectivity index (χ3v) is 2.75. The number of aromatic nitrogens is 1. The molecule has 116 valence electrons. The van der Waals surface area contributed by atoms with Crippen molar-refractivity contribution in [2.75, 3.05) is 25.0 Å². The monoisotopic (exact) mass is 292 g/mol. The SMILES string of the molecule is CCCNc1ccncc1C(=O)NCC(=O)NCC(C)C. The number of hydrogen-bond donors (Lipinski definition) is 3. The first-order valence-electron chi connectivity index (χ1n) is 7.27. The predicted octanol–water partition coefficient (Wildman–Crippen LogP) is 1.41. The average Bonchev–Trinajstić information content (AvgIpc) is 2.48. The van der Waals surface area contributed by atoms with Crippen LogP contribution in [0.4, 0.5) is 5.69 Å². The zero-order chi connectivity index (χ0) is 15.7. The first kappa shape index (κ1) is 16.9. The first-order chi connectivity index (χ1) is 10.0. The molecule has 6 nitrogen and oxygen atoms in total. The van der Waals surface area contributed by atoms with E-state index in [1.165, 1.54) is 6.20 Å². The van der Waals surface area contributed by atoms with Crippen LogP contribution in [0.5, 0.6) is 0 Å². The molecule has 0 fully saturated rings. The molecule has 2 amide bonds. The molecule has 0 aliphatic carbocycles. The molecule has 0 aromatic carbocycles. The van der Waals surface area contributed by atoms with Crippen molar-refractivity contribution in [1.29, 1.82) is 0 Å². The second-order valence-corrected chi connectivity index (χ2v) is 5.23. The Morgan fingerprint density at radius 2 is 2.05 bits per heavy atom. The Morgan fingerprint density at radius 1 is 1.29 bits per heavy atom. The van der Waals surface area contributed by atoms with Crippen molar-refractivity contribution >= 4 is 17.5 Å². The van der Waals surface area contributed by atoms with Crippen molar-refractivity contribution in [2.24, 2.45) is 5.92 Å². The highest BCUT2D eigenvalue weighted by Gasteiger charge is 2.12. The predicted molar refractivity (Wildman–Crippen MR) is 83.2 cm³/mol. The minimum atomic E-state index is -0.304. The van der Waals surface area contributed by atoms with Gasteiger partial charge in [0.2, 0.25) is 5.91 Å². The highest BCUT2D eigenvalue weighted by molar-refractivity contribution is 6.00. The maximum atomic E-state index is 12.1. The minimum Gasteiger partial charge on any atom is -0.384 e. The molecule has 1 aromatic heterocycles. The lowest BCUT2D eigenvalue weighted by molar-refractivity contribution is -0.120. The van der Waals surface area contributed by atoms with Crippen LogP contribution < -0.4 is 16.0 Å². The lowest BCUT2D eigenvalue weighted by atomic mass is 10.2. The fourth-order valence-electron chi connectivity index (χ4n) is 1.63. The van der Waals surface area contributed by atoms with Crippen LogP contribution in [0.2, 0.25) is 0 Å². The molecule has 0 saturated heterocycles. The van der Waals surface area contributed by atoms with Gasteiger partial charge < -0.3 is 16.0 Å². The number of rotatable bonds is 8. The Kier molecular flexibility index (Phi) is 7.21. The number of nitrogens with zero attached hydrogens (tertiary/aromatic N) is 1. The van der Waals surface area contributed by atoms with Crippen molar-refractivity contribution in [1.82, 2.24) is 15.6 Å². The standard InChI is InChI=1S/C15H24N4O2/c1-4-6-17-13-5-7-16-9-12(13)15(21)19-10-14(20)18-8-11(2)3/h5,7,9,11H,4,6,8,10H2,1-3H3,(H,16,17)(H,18,20)(H,19,21). The largest absolute Gasteiger partial charge is 0.384 e. The third-order valence-electron chi connectivity index (χ3n) is 2.75. The molecule has 1 aromatic rings. The summed E-state index contributed by atoms with van der Waals surface area (Å²) in [7, 11) is 0. The highest BCUT2D eigenvalue weighted by Crippen LogP contribution is 2.13. The molecular formula is C15H24N4O2. The van der Waals surface area contributed by atoms with Gasteiger partial charge in [-0.2, -0.15) is 0 Å². The summed E-state index contributed by atoms with van der Waals surface area (Å²) in [4.78, 5) is 27.6. The fourth-order valence-corrected chi connectivity index (χ4v) is 1.63. The maximum absolute atomic E-state index is 12.1. The number of nitrogens with one attached hydrogen (secondary N) is 3. The Bertz CT molecular complexity index is 474. The first-order valence-corrected chi connectivity index (χ1v) is 7.27. The van der Waals surface area contributed by atoms with Crippen molar-refractivity contribution in [3.8, 4) is 0 Å². The van der Waals surface area contributed by atoms with Gasteiger partial charge in [-0.15, -0.1) is 0 Å². The van der Waals surface area contributed by atoms with Crippen LogP contribution in [0, 0.1) is 5.92 Å². The van der Waals surface area contributed by atoms with Gasteiger partial charge in [0.25, 0.3) is 5.91 Å². The van der Waals surface area contributed by atoms with Crippen molar-refractivity contribution in [2.45, 2.75) is 27.2 Å². The average molecular weight is 292 g/mol. The van der Waals surface area contributed by atoms with E-state index in [4.69, 9.17) is 0 Å². The van der Waals surface area contributed by atoms with Gasteiger partial charge in [-0.1, -0.05) is 20.8 Å². The van der Waals surface area contributed by atoms with E-state index in [1.54, 1.807) is 12.3 Å². The second kappa shape index (κ2) is 8.94. The molecule has 0 bridgehead atoms. The van der Waals surface area contributed by atoms with Crippen molar-refractivity contribution in [3.05, 3.63) is 24.0 Å². The van der Waals surface area contributed by atoms with Gasteiger partial charge in [-0.25, -0.2) is 0 Å². The van der Waals surface area contributed by atoms with E-state index >= 15 is 0 Å². The van der Waals surface area contributed by atoms with Gasteiger partial charge >= 0.3 is 0 Å². The number of carbonyl (C=O) groups excluding carboxylic acids is 2. The zero-order valence-electron chi connectivity index (χ0n) is 12.9. The molecular weight excluding hydrogens is 268 g/mol. The van der Waals surface area contributed by atoms with Gasteiger partial charge in [0, 0.05) is 25.5 Å². The molecule has 0 saturated carbocycles. The van der Waals surface area contributed by atoms with Gasteiger partial charge in [-0.05, 0) is 18.4 Å². The summed E-state index contributed by atoms with van der Waals surface area (Å²) >= 11 is 0. The molecule has 0 atom stereocenters. The van der Waals surface area contributed by atoms with Crippen LogP contribution in [0.15, 0.2) is 18.5 Å². The summed E-state index contributed by atoms with van der Waals surface area (Å²) in [5.41, 5.74) is 1.18. The van der Waals surface area contributed by atoms with E-state index in [2.05, 4.69) is 20.9 Å². The number of anilines is 1. The molecule has 0 aliphatic rings. The normalized spacial score (nSPS) is 10.3. The van der Waals surface area contributed by atoms with E-state index in [1.807, 2.05) is 20.8 Å². The summed E-state index contributed by atoms with van der Waals surface area (Å²) in [6, 6.07) is 1.75. The number of hydrogen-bond acceptors (Lipinski definition) is 4. The zero-order valence-corrected chi connectivity index (χ0v) is 12.9. The minimum absolute atomic E-state index is 0.0341. The lowest BCUT2D eigenvalue weighted by Crippen LogP contribution is -2.38. The lowest BCUT2D eigenvalue weighted by Gasteiger charge is -2.11. The third kappa shape index (κ3) is 6.25. The summed E-state index contributed by atoms with van der Waals surface area (Å²) < 4.78 is 0. The fraction of sp³-hybridized carbons (Fsp3) is 0.533. The molecule has 6 heteroatoms. The topological polar surface area (TPSA) is 83.1 Å². The molecule has 21 heavy (non-hydrogen) atoms. The quantitative estimate of drug-likeness (QED) is 0.676. The van der Waals surface area contributed by atoms with Crippen LogP contribution in [-0.2, 0) is 4.79 Å². The Morgan fingerprint density at radius 3 is 2.71 bits per heavy atom. The van der Waals surface area contributed by atoms with Gasteiger partial charge in [0.1, 0.15) is 0 Å². The van der Waals surface area contributed by atoms with Crippen LogP contribution >= 0.6 is 0 Å². The Labute approximate surface area is 125 Å². The molecule has 0 unspecified atom stereocenters. The van der Waals surface area contributed by atoms with E-state index in [-0.39, 0.29) is 18.4 Å². The smallest absolute Gasteiger partial charge is 0.255 e. The number of carbonyl (C=O) groups is 2. The van der Waals surface area contributed by atoms with E-state index in [9.17, 15) is 9.59 Å². The number of pyridine rings is 1. The van der Waals surface area contributed by atoms with E-state index in [0.717, 1.165) is 18.7 Å². The number of amides is 2. The second-order valence-electron chi connectivity index (χ2n) is 5.23. The summed E-state index contributed by atoms with van der Waals surface area (Å²) in [5.74, 6) is -0.113. The van der Waals surface area contributed by atoms with Crippen LogP contribution in [0.25, 0.3) is 0 Å². The summed E-state index contributed by atoms with van der Waals surface area (Å²) in [6.45, 7) is 7.42. The molecule has 3 N–H and O–H groups in total. The van der Waals surface area contributed by atoms with Crippen molar-refractivity contribution < 1.29 is 9.59 Å². The van der Waals surface area contributed by atoms with Crippen LogP contribution in [0.1, 0.15) is 37.6 Å². The summed E-state index contributed by atoms with van der Waals surface area (Å²) in [5, 5.41) is 8.53. The highest BCUT2D eigenvalue weighted by atomic mass is 16.2. The maximum Gasteiger partial charge on any atom is 0.255 e. The van der Waals surface area contributed by atoms with E-state index in [0.29, 0.717) is 18.0 Å². The Balaban J connectivity index is 2.53. The molecule has 1 rings (SSSR count).